The molecule has 0 bridgehead atoms. The highest BCUT2D eigenvalue weighted by molar-refractivity contribution is 7.80. The Balaban J connectivity index is 1.56. The van der Waals surface area contributed by atoms with Crippen molar-refractivity contribution in [3.63, 3.8) is 0 Å². The minimum Gasteiger partial charge on any atom is -0.497 e. The average molecular weight is 412 g/mol. The first-order valence-corrected chi connectivity index (χ1v) is 9.82. The fourth-order valence-corrected chi connectivity index (χ4v) is 3.13. The Morgan fingerprint density at radius 1 is 0.929 bits per heavy atom. The number of methoxy groups -OCH3 is 1. The van der Waals surface area contributed by atoms with E-state index in [0.717, 1.165) is 35.6 Å². The molecule has 0 aliphatic heterocycles. The Kier molecular flexibility index (Phi) is 7.29. The van der Waals surface area contributed by atoms with Crippen molar-refractivity contribution in [3.05, 3.63) is 94.5 Å². The average Bonchev–Trinajstić information content (AvgIpc) is 2.74. The maximum absolute atomic E-state index is 5.99. The lowest BCUT2D eigenvalue weighted by Crippen LogP contribution is -2.25. The molecule has 0 unspecified atom stereocenters. The summed E-state index contributed by atoms with van der Waals surface area (Å²) in [6.07, 6.45) is 0.873. The van der Waals surface area contributed by atoms with Gasteiger partial charge >= 0.3 is 0 Å². The van der Waals surface area contributed by atoms with Gasteiger partial charge in [0, 0.05) is 11.6 Å². The highest BCUT2D eigenvalue weighted by Gasteiger charge is 2.08. The highest BCUT2D eigenvalue weighted by atomic mass is 35.5. The smallest absolute Gasteiger partial charge is 0.129 e. The summed E-state index contributed by atoms with van der Waals surface area (Å²) < 4.78 is 11.2. The van der Waals surface area contributed by atoms with Gasteiger partial charge in [-0.15, -0.1) is 0 Å². The normalized spacial score (nSPS) is 10.4. The molecule has 0 atom stereocenters. The van der Waals surface area contributed by atoms with Crippen LogP contribution in [0.2, 0.25) is 5.02 Å². The van der Waals surface area contributed by atoms with E-state index in [2.05, 4.69) is 17.4 Å². The van der Waals surface area contributed by atoms with E-state index in [1.54, 1.807) is 7.11 Å². The molecule has 1 N–H and O–H groups in total. The van der Waals surface area contributed by atoms with Gasteiger partial charge in [-0.2, -0.15) is 0 Å². The molecule has 0 saturated heterocycles. The van der Waals surface area contributed by atoms with E-state index in [0.29, 0.717) is 16.6 Å². The molecule has 3 aromatic rings. The molecule has 0 aliphatic carbocycles. The van der Waals surface area contributed by atoms with Gasteiger partial charge in [0.25, 0.3) is 0 Å². The number of rotatable bonds is 8. The zero-order valence-electron chi connectivity index (χ0n) is 15.7. The summed E-state index contributed by atoms with van der Waals surface area (Å²) in [6.45, 7) is 1.21. The molecule has 0 saturated carbocycles. The van der Waals surface area contributed by atoms with Crippen molar-refractivity contribution >= 4 is 28.8 Å². The first-order chi connectivity index (χ1) is 13.7. The van der Waals surface area contributed by atoms with Crippen LogP contribution in [0.5, 0.6) is 11.5 Å². The Morgan fingerprint density at radius 2 is 1.61 bits per heavy atom. The van der Waals surface area contributed by atoms with Crippen LogP contribution in [0.1, 0.15) is 16.7 Å². The first-order valence-electron chi connectivity index (χ1n) is 9.03. The van der Waals surface area contributed by atoms with Gasteiger partial charge in [-0.25, -0.2) is 0 Å². The molecular formula is C23H22ClNO2S. The predicted octanol–water partition coefficient (Wildman–Crippen LogP) is 5.44. The second kappa shape index (κ2) is 10.1. The molecule has 0 aliphatic rings. The van der Waals surface area contributed by atoms with Gasteiger partial charge < -0.3 is 14.8 Å². The summed E-state index contributed by atoms with van der Waals surface area (Å²) in [7, 11) is 1.67. The van der Waals surface area contributed by atoms with Crippen molar-refractivity contribution in [2.75, 3.05) is 13.7 Å². The van der Waals surface area contributed by atoms with Crippen LogP contribution in [0, 0.1) is 0 Å². The minimum absolute atomic E-state index is 0.461. The number of nitrogens with one attached hydrogen (secondary N) is 1. The molecule has 3 rings (SSSR count). The molecule has 144 valence electrons. The van der Waals surface area contributed by atoms with E-state index in [4.69, 9.17) is 33.3 Å². The van der Waals surface area contributed by atoms with Gasteiger partial charge in [-0.05, 0) is 53.9 Å². The fourth-order valence-electron chi connectivity index (χ4n) is 2.73. The van der Waals surface area contributed by atoms with Gasteiger partial charge in [-0.1, -0.05) is 60.2 Å². The molecule has 28 heavy (non-hydrogen) atoms. The molecule has 0 fully saturated rings. The lowest BCUT2D eigenvalue weighted by molar-refractivity contribution is 0.305. The van der Waals surface area contributed by atoms with Crippen LogP contribution in [0.3, 0.4) is 0 Å². The second-order valence-corrected chi connectivity index (χ2v) is 7.11. The number of thiocarbonyl (C=S) groups is 1. The Morgan fingerprint density at radius 3 is 2.32 bits per heavy atom. The minimum atomic E-state index is 0.461. The van der Waals surface area contributed by atoms with E-state index >= 15 is 0 Å². The summed E-state index contributed by atoms with van der Waals surface area (Å²) in [5.41, 5.74) is 3.17. The molecule has 0 aromatic heterocycles. The summed E-state index contributed by atoms with van der Waals surface area (Å²) in [5.74, 6) is 1.62. The number of para-hydroxylation sites is 1. The van der Waals surface area contributed by atoms with Crippen LogP contribution < -0.4 is 14.8 Å². The quantitative estimate of drug-likeness (QED) is 0.500. The Labute approximate surface area is 176 Å². The van der Waals surface area contributed by atoms with Gasteiger partial charge in [0.2, 0.25) is 0 Å². The summed E-state index contributed by atoms with van der Waals surface area (Å²) in [5, 5.41) is 4.04. The standard InChI is InChI=1S/C23H22ClNO2S/c1-26-20-12-8-17(9-13-20)14-15-25-23(28)21-4-2-3-5-22(21)27-16-18-6-10-19(24)11-7-18/h2-13H,14-16H2,1H3,(H,25,28). The van der Waals surface area contributed by atoms with Crippen molar-refractivity contribution in [3.8, 4) is 11.5 Å². The number of halogens is 1. The van der Waals surface area contributed by atoms with E-state index in [1.165, 1.54) is 5.56 Å². The van der Waals surface area contributed by atoms with E-state index in [-0.39, 0.29) is 0 Å². The van der Waals surface area contributed by atoms with E-state index in [1.807, 2.05) is 60.7 Å². The van der Waals surface area contributed by atoms with E-state index < -0.39 is 0 Å². The molecule has 0 spiro atoms. The van der Waals surface area contributed by atoms with Crippen molar-refractivity contribution in [1.82, 2.24) is 5.32 Å². The third-order valence-corrected chi connectivity index (χ3v) is 4.91. The zero-order valence-corrected chi connectivity index (χ0v) is 17.2. The molecule has 5 heteroatoms. The number of ether oxygens (including phenoxy) is 2. The largest absolute Gasteiger partial charge is 0.497 e. The van der Waals surface area contributed by atoms with Crippen LogP contribution in [0.15, 0.2) is 72.8 Å². The molecular weight excluding hydrogens is 390 g/mol. The van der Waals surface area contributed by atoms with Gasteiger partial charge in [0.15, 0.2) is 0 Å². The van der Waals surface area contributed by atoms with Crippen molar-refractivity contribution in [2.24, 2.45) is 0 Å². The second-order valence-electron chi connectivity index (χ2n) is 6.27. The van der Waals surface area contributed by atoms with Crippen LogP contribution in [0.4, 0.5) is 0 Å². The van der Waals surface area contributed by atoms with Gasteiger partial charge in [0.1, 0.15) is 23.1 Å². The predicted molar refractivity (Wildman–Crippen MR) is 119 cm³/mol. The SMILES string of the molecule is COc1ccc(CCNC(=S)c2ccccc2OCc2ccc(Cl)cc2)cc1. The monoisotopic (exact) mass is 411 g/mol. The third-order valence-electron chi connectivity index (χ3n) is 4.30. The topological polar surface area (TPSA) is 30.5 Å². The highest BCUT2D eigenvalue weighted by Crippen LogP contribution is 2.20. The molecule has 3 nitrogen and oxygen atoms in total. The summed E-state index contributed by atoms with van der Waals surface area (Å²) >= 11 is 11.5. The fraction of sp³-hybridized carbons (Fsp3) is 0.174. The maximum Gasteiger partial charge on any atom is 0.129 e. The van der Waals surface area contributed by atoms with Crippen LogP contribution in [-0.2, 0) is 13.0 Å². The molecule has 0 amide bonds. The molecule has 0 heterocycles. The summed E-state index contributed by atoms with van der Waals surface area (Å²) in [4.78, 5) is 0.681. The lowest BCUT2D eigenvalue weighted by Gasteiger charge is -2.14. The summed E-state index contributed by atoms with van der Waals surface area (Å²) in [6, 6.07) is 23.5. The Hall–Kier alpha value is -2.56. The van der Waals surface area contributed by atoms with Crippen LogP contribution in [0.25, 0.3) is 0 Å². The number of benzene rings is 3. The van der Waals surface area contributed by atoms with Crippen molar-refractivity contribution in [1.29, 1.82) is 0 Å². The zero-order chi connectivity index (χ0) is 19.8. The Bertz CT molecular complexity index is 911. The van der Waals surface area contributed by atoms with E-state index in [9.17, 15) is 0 Å². The van der Waals surface area contributed by atoms with Crippen LogP contribution >= 0.6 is 23.8 Å². The maximum atomic E-state index is 5.99. The van der Waals surface area contributed by atoms with Gasteiger partial charge in [0.05, 0.1) is 12.7 Å². The number of hydrogen-bond donors (Lipinski definition) is 1. The molecule has 3 aromatic carbocycles. The van der Waals surface area contributed by atoms with Crippen molar-refractivity contribution in [2.45, 2.75) is 13.0 Å². The van der Waals surface area contributed by atoms with Crippen LogP contribution in [-0.4, -0.2) is 18.6 Å². The van der Waals surface area contributed by atoms with Gasteiger partial charge in [-0.3, -0.25) is 0 Å². The van der Waals surface area contributed by atoms with Crippen molar-refractivity contribution < 1.29 is 9.47 Å². The first kappa shape index (κ1) is 20.2. The molecule has 0 radical (unpaired) electrons. The third kappa shape index (κ3) is 5.72. The number of hydrogen-bond acceptors (Lipinski definition) is 3. The lowest BCUT2D eigenvalue weighted by atomic mass is 10.1.